The van der Waals surface area contributed by atoms with Crippen molar-refractivity contribution in [2.45, 2.75) is 25.8 Å². The highest BCUT2D eigenvalue weighted by atomic mass is 79.9. The molecule has 1 aromatic rings. The minimum absolute atomic E-state index is 0.0105. The lowest BCUT2D eigenvalue weighted by Gasteiger charge is -2.25. The number of likely N-dealkylation sites (tertiary alicyclic amines) is 1. The fraction of sp³-hybridized carbons (Fsp3) is 0.400. The first-order valence-electron chi connectivity index (χ1n) is 6.52. The highest BCUT2D eigenvalue weighted by molar-refractivity contribution is 9.11. The van der Waals surface area contributed by atoms with Crippen LogP contribution < -0.4 is 5.32 Å². The van der Waals surface area contributed by atoms with E-state index in [2.05, 4.69) is 59.0 Å². The lowest BCUT2D eigenvalue weighted by Crippen LogP contribution is -2.39. The molecule has 1 N–H and O–H groups in total. The van der Waals surface area contributed by atoms with Crippen LogP contribution in [0.3, 0.4) is 0 Å². The molecule has 2 amide bonds. The van der Waals surface area contributed by atoms with Gasteiger partial charge in [-0.1, -0.05) is 52.3 Å². The van der Waals surface area contributed by atoms with Gasteiger partial charge in [0.2, 0.25) is 0 Å². The van der Waals surface area contributed by atoms with Gasteiger partial charge in [0.25, 0.3) is 0 Å². The molecule has 4 heteroatoms. The topological polar surface area (TPSA) is 32.3 Å². The first-order valence-corrected chi connectivity index (χ1v) is 7.31. The summed E-state index contributed by atoms with van der Waals surface area (Å²) in [5.74, 6) is 0. The van der Waals surface area contributed by atoms with E-state index in [9.17, 15) is 4.79 Å². The summed E-state index contributed by atoms with van der Waals surface area (Å²) >= 11 is 3.25. The second-order valence-electron chi connectivity index (χ2n) is 4.94. The second kappa shape index (κ2) is 6.24. The summed E-state index contributed by atoms with van der Waals surface area (Å²) < 4.78 is 0.784. The lowest BCUT2D eigenvalue weighted by atomic mass is 10.0. The third kappa shape index (κ3) is 3.60. The van der Waals surface area contributed by atoms with E-state index in [1.165, 1.54) is 11.1 Å². The molecule has 102 valence electrons. The van der Waals surface area contributed by atoms with E-state index in [0.717, 1.165) is 23.9 Å². The van der Waals surface area contributed by atoms with E-state index in [1.807, 2.05) is 4.90 Å². The first kappa shape index (κ1) is 14.1. The number of carbonyl (C=O) groups is 1. The van der Waals surface area contributed by atoms with Crippen molar-refractivity contribution in [2.24, 2.45) is 0 Å². The van der Waals surface area contributed by atoms with Crippen LogP contribution >= 0.6 is 15.9 Å². The maximum absolute atomic E-state index is 12.2. The highest BCUT2D eigenvalue weighted by Gasteiger charge is 2.29. The Hall–Kier alpha value is -1.29. The predicted octanol–water partition coefficient (Wildman–Crippen LogP) is 3.75. The number of halogens is 1. The standard InChI is InChI=1S/C15H19BrN2O/c1-11-5-7-13(8-6-11)14-4-3-9-18(14)15(19)17-10-12(2)16/h5-8,14H,2-4,9-10H2,1H3,(H,17,19). The molecule has 1 aliphatic rings. The van der Waals surface area contributed by atoms with Crippen LogP contribution in [0, 0.1) is 6.92 Å². The van der Waals surface area contributed by atoms with E-state index in [1.54, 1.807) is 0 Å². The Balaban J connectivity index is 2.06. The van der Waals surface area contributed by atoms with Crippen molar-refractivity contribution in [1.82, 2.24) is 10.2 Å². The SMILES string of the molecule is C=C(Br)CNC(=O)N1CCCC1c1ccc(C)cc1. The molecule has 3 nitrogen and oxygen atoms in total. The molecule has 1 atom stereocenters. The maximum atomic E-state index is 12.2. The number of urea groups is 1. The zero-order valence-electron chi connectivity index (χ0n) is 11.2. The van der Waals surface area contributed by atoms with Gasteiger partial charge in [0.1, 0.15) is 0 Å². The number of benzene rings is 1. The third-order valence-corrected chi connectivity index (χ3v) is 3.69. The van der Waals surface area contributed by atoms with E-state index >= 15 is 0 Å². The molecule has 1 heterocycles. The maximum Gasteiger partial charge on any atom is 0.318 e. The summed E-state index contributed by atoms with van der Waals surface area (Å²) in [7, 11) is 0. The molecule has 0 aliphatic carbocycles. The minimum Gasteiger partial charge on any atom is -0.333 e. The van der Waals surface area contributed by atoms with Crippen molar-refractivity contribution >= 4 is 22.0 Å². The van der Waals surface area contributed by atoms with Crippen LogP contribution in [0.1, 0.15) is 30.0 Å². The van der Waals surface area contributed by atoms with Gasteiger partial charge < -0.3 is 10.2 Å². The van der Waals surface area contributed by atoms with Gasteiger partial charge in [-0.15, -0.1) is 0 Å². The number of carbonyl (C=O) groups excluding carboxylic acids is 1. The number of hydrogen-bond acceptors (Lipinski definition) is 1. The average molecular weight is 323 g/mol. The molecule has 1 fully saturated rings. The van der Waals surface area contributed by atoms with Gasteiger partial charge in [0.05, 0.1) is 12.6 Å². The fourth-order valence-corrected chi connectivity index (χ4v) is 2.56. The third-order valence-electron chi connectivity index (χ3n) is 3.41. The predicted molar refractivity (Wildman–Crippen MR) is 81.3 cm³/mol. The van der Waals surface area contributed by atoms with Crippen LogP contribution in [0.5, 0.6) is 0 Å². The van der Waals surface area contributed by atoms with Gasteiger partial charge in [-0.25, -0.2) is 4.79 Å². The average Bonchev–Trinajstić information content (AvgIpc) is 2.86. The molecule has 1 aromatic carbocycles. The van der Waals surface area contributed by atoms with Crippen LogP contribution in [-0.2, 0) is 0 Å². The summed E-state index contributed by atoms with van der Waals surface area (Å²) in [5, 5.41) is 2.88. The molecule has 1 aliphatic heterocycles. The molecule has 2 rings (SSSR count). The Labute approximate surface area is 122 Å². The molecule has 1 unspecified atom stereocenters. The fourth-order valence-electron chi connectivity index (χ4n) is 2.42. The van der Waals surface area contributed by atoms with Gasteiger partial charge in [-0.05, 0) is 25.3 Å². The van der Waals surface area contributed by atoms with Crippen LogP contribution in [0.4, 0.5) is 4.79 Å². The molecule has 0 radical (unpaired) electrons. The number of nitrogens with zero attached hydrogens (tertiary/aromatic N) is 1. The summed E-state index contributed by atoms with van der Waals surface area (Å²) in [6, 6.07) is 8.63. The summed E-state index contributed by atoms with van der Waals surface area (Å²) in [6.45, 7) is 7.08. The minimum atomic E-state index is -0.0105. The zero-order valence-corrected chi connectivity index (χ0v) is 12.7. The molecular weight excluding hydrogens is 304 g/mol. The van der Waals surface area contributed by atoms with Crippen molar-refractivity contribution < 1.29 is 4.79 Å². The zero-order chi connectivity index (χ0) is 13.8. The molecule has 0 spiro atoms. The number of amides is 2. The Morgan fingerprint density at radius 2 is 2.16 bits per heavy atom. The Morgan fingerprint density at radius 3 is 2.79 bits per heavy atom. The summed E-state index contributed by atoms with van der Waals surface area (Å²) in [6.07, 6.45) is 2.09. The summed E-state index contributed by atoms with van der Waals surface area (Å²) in [5.41, 5.74) is 2.46. The molecular formula is C15H19BrN2O. The molecule has 19 heavy (non-hydrogen) atoms. The first-order chi connectivity index (χ1) is 9.08. The second-order valence-corrected chi connectivity index (χ2v) is 6.06. The van der Waals surface area contributed by atoms with Gasteiger partial charge in [-0.3, -0.25) is 0 Å². The highest BCUT2D eigenvalue weighted by Crippen LogP contribution is 2.31. The number of rotatable bonds is 3. The van der Waals surface area contributed by atoms with E-state index in [0.29, 0.717) is 6.54 Å². The summed E-state index contributed by atoms with van der Waals surface area (Å²) in [4.78, 5) is 14.1. The van der Waals surface area contributed by atoms with Gasteiger partial charge in [-0.2, -0.15) is 0 Å². The van der Waals surface area contributed by atoms with Gasteiger partial charge in [0, 0.05) is 11.0 Å². The number of hydrogen-bond donors (Lipinski definition) is 1. The van der Waals surface area contributed by atoms with Crippen molar-refractivity contribution in [1.29, 1.82) is 0 Å². The number of aryl methyl sites for hydroxylation is 1. The molecule has 0 aromatic heterocycles. The van der Waals surface area contributed by atoms with Crippen molar-refractivity contribution in [3.63, 3.8) is 0 Å². The van der Waals surface area contributed by atoms with Gasteiger partial charge in [0.15, 0.2) is 0 Å². The Kier molecular flexibility index (Phi) is 4.64. The quantitative estimate of drug-likeness (QED) is 0.903. The van der Waals surface area contributed by atoms with Crippen LogP contribution in [0.25, 0.3) is 0 Å². The molecule has 0 bridgehead atoms. The lowest BCUT2D eigenvalue weighted by molar-refractivity contribution is 0.194. The molecule has 0 saturated carbocycles. The van der Waals surface area contributed by atoms with Crippen LogP contribution in [0.15, 0.2) is 35.3 Å². The molecule has 1 saturated heterocycles. The normalized spacial score (nSPS) is 18.4. The van der Waals surface area contributed by atoms with Crippen molar-refractivity contribution in [3.05, 3.63) is 46.5 Å². The Morgan fingerprint density at radius 1 is 1.47 bits per heavy atom. The van der Waals surface area contributed by atoms with E-state index < -0.39 is 0 Å². The van der Waals surface area contributed by atoms with Crippen LogP contribution in [0.2, 0.25) is 0 Å². The van der Waals surface area contributed by atoms with E-state index in [-0.39, 0.29) is 12.1 Å². The number of nitrogens with one attached hydrogen (secondary N) is 1. The Bertz CT molecular complexity index is 470. The smallest absolute Gasteiger partial charge is 0.318 e. The van der Waals surface area contributed by atoms with Crippen LogP contribution in [-0.4, -0.2) is 24.0 Å². The van der Waals surface area contributed by atoms with Crippen molar-refractivity contribution in [3.8, 4) is 0 Å². The van der Waals surface area contributed by atoms with E-state index in [4.69, 9.17) is 0 Å². The van der Waals surface area contributed by atoms with Gasteiger partial charge >= 0.3 is 6.03 Å². The monoisotopic (exact) mass is 322 g/mol. The largest absolute Gasteiger partial charge is 0.333 e. The van der Waals surface area contributed by atoms with Crippen molar-refractivity contribution in [2.75, 3.05) is 13.1 Å².